The third kappa shape index (κ3) is 2.61. The lowest BCUT2D eigenvalue weighted by atomic mass is 10.2. The quantitative estimate of drug-likeness (QED) is 0.787. The van der Waals surface area contributed by atoms with Gasteiger partial charge in [0.15, 0.2) is 0 Å². The van der Waals surface area contributed by atoms with Gasteiger partial charge in [-0.25, -0.2) is 4.98 Å². The van der Waals surface area contributed by atoms with Crippen molar-refractivity contribution in [1.29, 1.82) is 0 Å². The topological polar surface area (TPSA) is 67.2 Å². The van der Waals surface area contributed by atoms with Crippen LogP contribution in [0, 0.1) is 13.8 Å². The van der Waals surface area contributed by atoms with E-state index in [0.717, 1.165) is 24.4 Å². The Hall–Kier alpha value is -1.36. The molecule has 0 spiro atoms. The third-order valence-electron chi connectivity index (χ3n) is 2.82. The molecule has 1 aliphatic heterocycles. The first kappa shape index (κ1) is 11.1. The van der Waals surface area contributed by atoms with Gasteiger partial charge < -0.3 is 15.1 Å². The average Bonchev–Trinajstić information content (AvgIpc) is 2.75. The number of oxazole rings is 1. The Morgan fingerprint density at radius 3 is 2.94 bits per heavy atom. The van der Waals surface area contributed by atoms with Crippen LogP contribution in [0.4, 0.5) is 0 Å². The van der Waals surface area contributed by atoms with Crippen LogP contribution in [0.25, 0.3) is 0 Å². The van der Waals surface area contributed by atoms with Crippen molar-refractivity contribution < 1.29 is 9.21 Å². The Balaban J connectivity index is 1.73. The van der Waals surface area contributed by atoms with Crippen LogP contribution in [-0.2, 0) is 11.3 Å². The van der Waals surface area contributed by atoms with Gasteiger partial charge in [0.1, 0.15) is 5.76 Å². The van der Waals surface area contributed by atoms with E-state index < -0.39 is 0 Å². The fourth-order valence-electron chi connectivity index (χ4n) is 1.80. The van der Waals surface area contributed by atoms with Gasteiger partial charge in [-0.2, -0.15) is 0 Å². The van der Waals surface area contributed by atoms with Crippen LogP contribution < -0.4 is 10.6 Å². The fourth-order valence-corrected chi connectivity index (χ4v) is 1.80. The zero-order valence-electron chi connectivity index (χ0n) is 9.67. The first-order valence-electron chi connectivity index (χ1n) is 5.58. The number of rotatable bonds is 4. The van der Waals surface area contributed by atoms with E-state index in [4.69, 9.17) is 4.42 Å². The molecule has 1 aromatic heterocycles. The van der Waals surface area contributed by atoms with Crippen LogP contribution in [0.15, 0.2) is 4.42 Å². The highest BCUT2D eigenvalue weighted by Gasteiger charge is 2.20. The van der Waals surface area contributed by atoms with Gasteiger partial charge in [0, 0.05) is 19.0 Å². The molecule has 2 N–H and O–H groups in total. The monoisotopic (exact) mass is 223 g/mol. The van der Waals surface area contributed by atoms with Crippen molar-refractivity contribution in [1.82, 2.24) is 15.6 Å². The first-order valence-corrected chi connectivity index (χ1v) is 5.58. The van der Waals surface area contributed by atoms with Crippen LogP contribution in [0.5, 0.6) is 0 Å². The molecule has 0 aliphatic carbocycles. The van der Waals surface area contributed by atoms with Crippen LogP contribution in [0.3, 0.4) is 0 Å². The standard InChI is InChI=1S/C11H17N3O2/c1-7-8(2)16-11(13-7)6-12-5-9-3-4-10(15)14-9/h9,12H,3-6H2,1-2H3,(H,14,15). The highest BCUT2D eigenvalue weighted by atomic mass is 16.4. The molecule has 88 valence electrons. The smallest absolute Gasteiger partial charge is 0.220 e. The highest BCUT2D eigenvalue weighted by molar-refractivity contribution is 5.78. The van der Waals surface area contributed by atoms with Crippen molar-refractivity contribution in [2.24, 2.45) is 0 Å². The van der Waals surface area contributed by atoms with E-state index in [1.165, 1.54) is 0 Å². The summed E-state index contributed by atoms with van der Waals surface area (Å²) in [5.41, 5.74) is 0.936. The van der Waals surface area contributed by atoms with Gasteiger partial charge in [-0.1, -0.05) is 0 Å². The van der Waals surface area contributed by atoms with E-state index in [2.05, 4.69) is 15.6 Å². The molecule has 1 amide bonds. The fraction of sp³-hybridized carbons (Fsp3) is 0.636. The minimum atomic E-state index is 0.148. The zero-order valence-corrected chi connectivity index (χ0v) is 9.67. The summed E-state index contributed by atoms with van der Waals surface area (Å²) in [5.74, 6) is 1.72. The lowest BCUT2D eigenvalue weighted by Crippen LogP contribution is -2.35. The van der Waals surface area contributed by atoms with E-state index in [-0.39, 0.29) is 11.9 Å². The Bertz CT molecular complexity index is 367. The summed E-state index contributed by atoms with van der Waals surface area (Å²) in [7, 11) is 0. The number of carbonyl (C=O) groups excluding carboxylic acids is 1. The van der Waals surface area contributed by atoms with Crippen molar-refractivity contribution in [3.05, 3.63) is 17.3 Å². The van der Waals surface area contributed by atoms with Gasteiger partial charge in [-0.05, 0) is 20.3 Å². The molecule has 0 radical (unpaired) electrons. The molecule has 1 unspecified atom stereocenters. The SMILES string of the molecule is Cc1nc(CNCC2CCC(=O)N2)oc1C. The van der Waals surface area contributed by atoms with E-state index in [0.29, 0.717) is 18.9 Å². The second-order valence-electron chi connectivity index (χ2n) is 4.18. The molecule has 5 nitrogen and oxygen atoms in total. The number of hydrogen-bond acceptors (Lipinski definition) is 4. The van der Waals surface area contributed by atoms with Crippen molar-refractivity contribution >= 4 is 5.91 Å². The number of nitrogens with zero attached hydrogens (tertiary/aromatic N) is 1. The van der Waals surface area contributed by atoms with E-state index in [9.17, 15) is 4.79 Å². The number of amides is 1. The Kier molecular flexibility index (Phi) is 3.24. The zero-order chi connectivity index (χ0) is 11.5. The summed E-state index contributed by atoms with van der Waals surface area (Å²) >= 11 is 0. The number of nitrogens with one attached hydrogen (secondary N) is 2. The Morgan fingerprint density at radius 1 is 1.56 bits per heavy atom. The second kappa shape index (κ2) is 4.65. The lowest BCUT2D eigenvalue weighted by molar-refractivity contribution is -0.119. The van der Waals surface area contributed by atoms with Crippen molar-refractivity contribution in [2.75, 3.05) is 6.54 Å². The van der Waals surface area contributed by atoms with Crippen LogP contribution >= 0.6 is 0 Å². The summed E-state index contributed by atoms with van der Waals surface area (Å²) in [4.78, 5) is 15.2. The largest absolute Gasteiger partial charge is 0.444 e. The normalized spacial score (nSPS) is 20.1. The Labute approximate surface area is 94.6 Å². The van der Waals surface area contributed by atoms with Crippen LogP contribution in [0.1, 0.15) is 30.2 Å². The molecular weight excluding hydrogens is 206 g/mol. The predicted molar refractivity (Wildman–Crippen MR) is 58.8 cm³/mol. The van der Waals surface area contributed by atoms with Crippen LogP contribution in [-0.4, -0.2) is 23.5 Å². The maximum Gasteiger partial charge on any atom is 0.220 e. The molecule has 2 heterocycles. The van der Waals surface area contributed by atoms with Gasteiger partial charge in [0.2, 0.25) is 11.8 Å². The summed E-state index contributed by atoms with van der Waals surface area (Å²) in [5, 5.41) is 6.14. The first-order chi connectivity index (χ1) is 7.65. The third-order valence-corrected chi connectivity index (χ3v) is 2.82. The van der Waals surface area contributed by atoms with E-state index in [1.54, 1.807) is 0 Å². The molecule has 0 saturated carbocycles. The average molecular weight is 223 g/mol. The minimum Gasteiger partial charge on any atom is -0.444 e. The summed E-state index contributed by atoms with van der Waals surface area (Å²) in [6, 6.07) is 0.254. The Morgan fingerprint density at radius 2 is 2.38 bits per heavy atom. The molecule has 5 heteroatoms. The molecule has 16 heavy (non-hydrogen) atoms. The molecular formula is C11H17N3O2. The van der Waals surface area contributed by atoms with Gasteiger partial charge in [-0.3, -0.25) is 4.79 Å². The maximum absolute atomic E-state index is 11.0. The number of aryl methyl sites for hydroxylation is 2. The van der Waals surface area contributed by atoms with Gasteiger partial charge in [0.05, 0.1) is 12.2 Å². The second-order valence-corrected chi connectivity index (χ2v) is 4.18. The summed E-state index contributed by atoms with van der Waals surface area (Å²) in [6.45, 7) is 5.22. The van der Waals surface area contributed by atoms with Crippen LogP contribution in [0.2, 0.25) is 0 Å². The van der Waals surface area contributed by atoms with Crippen molar-refractivity contribution in [3.63, 3.8) is 0 Å². The van der Waals surface area contributed by atoms with E-state index >= 15 is 0 Å². The van der Waals surface area contributed by atoms with Gasteiger partial charge in [-0.15, -0.1) is 0 Å². The van der Waals surface area contributed by atoms with E-state index in [1.807, 2.05) is 13.8 Å². The summed E-state index contributed by atoms with van der Waals surface area (Å²) in [6.07, 6.45) is 1.55. The number of carbonyl (C=O) groups is 1. The van der Waals surface area contributed by atoms with Crippen molar-refractivity contribution in [2.45, 2.75) is 39.3 Å². The summed E-state index contributed by atoms with van der Waals surface area (Å²) < 4.78 is 5.44. The van der Waals surface area contributed by atoms with Crippen molar-refractivity contribution in [3.8, 4) is 0 Å². The number of hydrogen-bond donors (Lipinski definition) is 2. The van der Waals surface area contributed by atoms with Gasteiger partial charge >= 0.3 is 0 Å². The molecule has 1 aromatic rings. The molecule has 1 aliphatic rings. The maximum atomic E-state index is 11.0. The van der Waals surface area contributed by atoms with Gasteiger partial charge in [0.25, 0.3) is 0 Å². The molecule has 1 atom stereocenters. The lowest BCUT2D eigenvalue weighted by Gasteiger charge is -2.09. The number of aromatic nitrogens is 1. The predicted octanol–water partition coefficient (Wildman–Crippen LogP) is 0.660. The minimum absolute atomic E-state index is 0.148. The molecule has 1 fully saturated rings. The molecule has 1 saturated heterocycles. The molecule has 2 rings (SSSR count). The highest BCUT2D eigenvalue weighted by Crippen LogP contribution is 2.08. The molecule has 0 bridgehead atoms. The molecule has 0 aromatic carbocycles.